The van der Waals surface area contributed by atoms with Crippen molar-refractivity contribution in [3.05, 3.63) is 32.8 Å². The topological polar surface area (TPSA) is 119 Å². The maximum Gasteiger partial charge on any atom is 0.271 e. The molecule has 0 aromatic heterocycles. The zero-order chi connectivity index (χ0) is 16.2. The molecular weight excluding hydrogens is 302 g/mol. The first kappa shape index (κ1) is 17.2. The van der Waals surface area contributed by atoms with Crippen molar-refractivity contribution in [3.8, 4) is 0 Å². The molecule has 21 heavy (non-hydrogen) atoms. The number of benzene rings is 1. The van der Waals surface area contributed by atoms with Gasteiger partial charge in [0.1, 0.15) is 0 Å². The number of nitrogens with zero attached hydrogens (tertiary/aromatic N) is 2. The van der Waals surface area contributed by atoms with E-state index in [1.807, 2.05) is 0 Å². The van der Waals surface area contributed by atoms with Gasteiger partial charge in [-0.2, -0.15) is 0 Å². The third-order valence-corrected chi connectivity index (χ3v) is 3.06. The lowest BCUT2D eigenvalue weighted by Crippen LogP contribution is -2.36. The van der Waals surface area contributed by atoms with Gasteiger partial charge in [0, 0.05) is 32.8 Å². The molecule has 0 aliphatic carbocycles. The fraction of sp³-hybridized carbons (Fsp3) is 0.417. The van der Waals surface area contributed by atoms with Gasteiger partial charge in [0.2, 0.25) is 0 Å². The number of ether oxygens (including phenoxy) is 1. The van der Waals surface area contributed by atoms with Gasteiger partial charge in [-0.05, 0) is 0 Å². The molecular formula is C12H16ClN3O5. The molecule has 0 aliphatic heterocycles. The Bertz CT molecular complexity index is 552. The Balaban J connectivity index is 3.03. The van der Waals surface area contributed by atoms with Crippen molar-refractivity contribution in [2.24, 2.45) is 0 Å². The minimum atomic E-state index is -0.876. The number of carbonyl (C=O) groups is 1. The van der Waals surface area contributed by atoms with Gasteiger partial charge >= 0.3 is 0 Å². The van der Waals surface area contributed by atoms with Gasteiger partial charge in [0.05, 0.1) is 33.9 Å². The Morgan fingerprint density at radius 3 is 2.76 bits per heavy atom. The van der Waals surface area contributed by atoms with Crippen LogP contribution in [-0.4, -0.2) is 54.3 Å². The number of nitro groups is 1. The monoisotopic (exact) mass is 317 g/mol. The Kier molecular flexibility index (Phi) is 5.89. The van der Waals surface area contributed by atoms with Crippen molar-refractivity contribution in [2.45, 2.75) is 6.10 Å². The average molecular weight is 318 g/mol. The Hall–Kier alpha value is -1.90. The van der Waals surface area contributed by atoms with Crippen LogP contribution in [0.25, 0.3) is 0 Å². The normalized spacial score (nSPS) is 12.0. The number of non-ortho nitro benzene ring substituents is 1. The Labute approximate surface area is 126 Å². The summed E-state index contributed by atoms with van der Waals surface area (Å²) in [4.78, 5) is 23.6. The van der Waals surface area contributed by atoms with Crippen LogP contribution in [0.3, 0.4) is 0 Å². The molecule has 8 nitrogen and oxygen atoms in total. The van der Waals surface area contributed by atoms with Crippen LogP contribution in [0.4, 0.5) is 11.4 Å². The molecule has 1 atom stereocenters. The summed E-state index contributed by atoms with van der Waals surface area (Å²) < 4.78 is 4.76. The molecule has 1 unspecified atom stereocenters. The summed E-state index contributed by atoms with van der Waals surface area (Å²) in [5, 5.41) is 20.3. The Morgan fingerprint density at radius 1 is 1.62 bits per heavy atom. The van der Waals surface area contributed by atoms with E-state index in [9.17, 15) is 20.0 Å². The van der Waals surface area contributed by atoms with E-state index in [4.69, 9.17) is 22.1 Å². The summed E-state index contributed by atoms with van der Waals surface area (Å²) in [7, 11) is 2.86. The van der Waals surface area contributed by atoms with E-state index in [0.29, 0.717) is 0 Å². The summed E-state index contributed by atoms with van der Waals surface area (Å²) in [5.74, 6) is -0.576. The number of aliphatic hydroxyl groups excluding tert-OH is 1. The van der Waals surface area contributed by atoms with Gasteiger partial charge in [0.25, 0.3) is 11.6 Å². The molecule has 1 amide bonds. The second-order valence-corrected chi connectivity index (χ2v) is 4.85. The van der Waals surface area contributed by atoms with Crippen LogP contribution < -0.4 is 5.73 Å². The number of likely N-dealkylation sites (N-methyl/N-ethyl adjacent to an activating group) is 1. The summed E-state index contributed by atoms with van der Waals surface area (Å²) >= 11 is 5.80. The molecule has 0 saturated heterocycles. The zero-order valence-corrected chi connectivity index (χ0v) is 12.3. The van der Waals surface area contributed by atoms with E-state index in [1.54, 1.807) is 0 Å². The summed E-state index contributed by atoms with van der Waals surface area (Å²) in [6, 6.07) is 2.14. The van der Waals surface area contributed by atoms with Crippen molar-refractivity contribution in [2.75, 3.05) is 33.0 Å². The van der Waals surface area contributed by atoms with Gasteiger partial charge in [0.15, 0.2) is 0 Å². The standard InChI is InChI=1S/C12H16ClN3O5/c1-15(5-8(17)6-21-2)12(18)9-3-7(16(19)20)4-10(13)11(9)14/h3-4,8,17H,5-6,14H2,1-2H3. The third-order valence-electron chi connectivity index (χ3n) is 2.75. The SMILES string of the molecule is COCC(O)CN(C)C(=O)c1cc([N+](=O)[O-])cc(Cl)c1N. The number of methoxy groups -OCH3 is 1. The van der Waals surface area contributed by atoms with E-state index in [2.05, 4.69) is 0 Å². The van der Waals surface area contributed by atoms with E-state index in [1.165, 1.54) is 19.1 Å². The highest BCUT2D eigenvalue weighted by atomic mass is 35.5. The average Bonchev–Trinajstić information content (AvgIpc) is 2.40. The number of carbonyl (C=O) groups excluding carboxylic acids is 1. The van der Waals surface area contributed by atoms with Crippen LogP contribution in [0.5, 0.6) is 0 Å². The van der Waals surface area contributed by atoms with Crippen molar-refractivity contribution in [1.29, 1.82) is 0 Å². The number of halogens is 1. The number of hydrogen-bond acceptors (Lipinski definition) is 6. The van der Waals surface area contributed by atoms with Crippen molar-refractivity contribution < 1.29 is 19.6 Å². The summed E-state index contributed by atoms with van der Waals surface area (Å²) in [5.41, 5.74) is 5.24. The van der Waals surface area contributed by atoms with Crippen LogP contribution in [-0.2, 0) is 4.74 Å². The van der Waals surface area contributed by atoms with E-state index in [0.717, 1.165) is 12.1 Å². The molecule has 0 fully saturated rings. The first-order valence-electron chi connectivity index (χ1n) is 5.93. The minimum Gasteiger partial charge on any atom is -0.397 e. The molecule has 1 rings (SSSR count). The third kappa shape index (κ3) is 4.28. The minimum absolute atomic E-state index is 0.00752. The second kappa shape index (κ2) is 7.21. The molecule has 1 aromatic carbocycles. The lowest BCUT2D eigenvalue weighted by molar-refractivity contribution is -0.384. The van der Waals surface area contributed by atoms with Gasteiger partial charge in [-0.25, -0.2) is 0 Å². The lowest BCUT2D eigenvalue weighted by atomic mass is 10.1. The zero-order valence-electron chi connectivity index (χ0n) is 11.6. The van der Waals surface area contributed by atoms with Crippen LogP contribution in [0, 0.1) is 10.1 Å². The smallest absolute Gasteiger partial charge is 0.271 e. The van der Waals surface area contributed by atoms with E-state index in [-0.39, 0.29) is 35.1 Å². The summed E-state index contributed by atoms with van der Waals surface area (Å²) in [6.07, 6.45) is -0.876. The second-order valence-electron chi connectivity index (χ2n) is 4.44. The van der Waals surface area contributed by atoms with Crippen molar-refractivity contribution in [1.82, 2.24) is 4.90 Å². The number of aliphatic hydroxyl groups is 1. The Morgan fingerprint density at radius 2 is 2.24 bits per heavy atom. The quantitative estimate of drug-likeness (QED) is 0.457. The molecule has 9 heteroatoms. The maximum atomic E-state index is 12.2. The number of anilines is 1. The molecule has 0 aliphatic rings. The predicted molar refractivity (Wildman–Crippen MR) is 77.4 cm³/mol. The van der Waals surface area contributed by atoms with Crippen LogP contribution in [0.15, 0.2) is 12.1 Å². The van der Waals surface area contributed by atoms with Crippen LogP contribution in [0.1, 0.15) is 10.4 Å². The molecule has 116 valence electrons. The van der Waals surface area contributed by atoms with Crippen LogP contribution in [0.2, 0.25) is 5.02 Å². The molecule has 0 saturated carbocycles. The number of rotatable bonds is 6. The number of nitrogens with two attached hydrogens (primary N) is 1. The largest absolute Gasteiger partial charge is 0.397 e. The van der Waals surface area contributed by atoms with E-state index < -0.39 is 16.9 Å². The van der Waals surface area contributed by atoms with Gasteiger partial charge in [-0.15, -0.1) is 0 Å². The van der Waals surface area contributed by atoms with Gasteiger partial charge in [-0.1, -0.05) is 11.6 Å². The highest BCUT2D eigenvalue weighted by molar-refractivity contribution is 6.34. The molecule has 0 heterocycles. The van der Waals surface area contributed by atoms with Crippen molar-refractivity contribution in [3.63, 3.8) is 0 Å². The molecule has 0 bridgehead atoms. The molecule has 1 aromatic rings. The first-order valence-corrected chi connectivity index (χ1v) is 6.31. The number of hydrogen-bond donors (Lipinski definition) is 2. The first-order chi connectivity index (χ1) is 9.77. The van der Waals surface area contributed by atoms with Crippen LogP contribution >= 0.6 is 11.6 Å². The maximum absolute atomic E-state index is 12.2. The van der Waals surface area contributed by atoms with Gasteiger partial charge in [-0.3, -0.25) is 14.9 Å². The summed E-state index contributed by atoms with van der Waals surface area (Å²) in [6.45, 7) is 0.0508. The molecule has 0 spiro atoms. The molecule has 0 radical (unpaired) electrons. The van der Waals surface area contributed by atoms with Crippen molar-refractivity contribution >= 4 is 28.9 Å². The van der Waals surface area contributed by atoms with E-state index >= 15 is 0 Å². The lowest BCUT2D eigenvalue weighted by Gasteiger charge is -2.21. The number of amides is 1. The van der Waals surface area contributed by atoms with Gasteiger partial charge < -0.3 is 20.5 Å². The fourth-order valence-corrected chi connectivity index (χ4v) is 1.95. The fourth-order valence-electron chi connectivity index (χ4n) is 1.74. The highest BCUT2D eigenvalue weighted by Crippen LogP contribution is 2.29. The predicted octanol–water partition coefficient (Wildman–Crippen LogP) is 0.910. The highest BCUT2D eigenvalue weighted by Gasteiger charge is 2.22. The number of nitrogen functional groups attached to an aromatic ring is 1. The molecule has 3 N–H and O–H groups in total. The number of nitro benzene ring substituents is 1.